The Morgan fingerprint density at radius 2 is 0.852 bits per heavy atom. The SMILES string of the molecule is Cc1ccc2c(c1)[Si]1(c3ccccc3-2)c2ccccc2-c2ccc(C)cc21. The first-order chi connectivity index (χ1) is 13.2. The van der Waals surface area contributed by atoms with Crippen LogP contribution in [0.25, 0.3) is 22.3 Å². The summed E-state index contributed by atoms with van der Waals surface area (Å²) < 4.78 is 0. The fourth-order valence-electron chi connectivity index (χ4n) is 5.37. The van der Waals surface area contributed by atoms with E-state index in [-0.39, 0.29) is 0 Å². The second-order valence-corrected chi connectivity index (χ2v) is 11.6. The predicted molar refractivity (Wildman–Crippen MR) is 118 cm³/mol. The van der Waals surface area contributed by atoms with Gasteiger partial charge in [0.05, 0.1) is 0 Å². The van der Waals surface area contributed by atoms with Crippen molar-refractivity contribution in [2.24, 2.45) is 0 Å². The van der Waals surface area contributed by atoms with E-state index in [4.69, 9.17) is 0 Å². The topological polar surface area (TPSA) is 0 Å². The Labute approximate surface area is 161 Å². The van der Waals surface area contributed by atoms with Gasteiger partial charge in [0.1, 0.15) is 0 Å². The number of rotatable bonds is 0. The normalized spacial score (nSPS) is 14.6. The van der Waals surface area contributed by atoms with Gasteiger partial charge in [-0.1, -0.05) is 96.1 Å². The molecule has 1 heteroatoms. The van der Waals surface area contributed by atoms with Gasteiger partial charge < -0.3 is 0 Å². The zero-order chi connectivity index (χ0) is 18.2. The molecule has 0 amide bonds. The summed E-state index contributed by atoms with van der Waals surface area (Å²) in [5.41, 5.74) is 8.45. The van der Waals surface area contributed by atoms with Crippen LogP contribution in [-0.2, 0) is 0 Å². The van der Waals surface area contributed by atoms with E-state index < -0.39 is 8.07 Å². The monoisotopic (exact) mass is 360 g/mol. The molecule has 27 heavy (non-hydrogen) atoms. The van der Waals surface area contributed by atoms with Crippen LogP contribution >= 0.6 is 0 Å². The summed E-state index contributed by atoms with van der Waals surface area (Å²) >= 11 is 0. The van der Waals surface area contributed by atoms with Gasteiger partial charge in [-0.05, 0) is 56.8 Å². The van der Waals surface area contributed by atoms with Crippen molar-refractivity contribution in [1.29, 1.82) is 0 Å². The van der Waals surface area contributed by atoms with E-state index in [2.05, 4.69) is 98.8 Å². The first kappa shape index (κ1) is 15.2. The van der Waals surface area contributed by atoms with Crippen molar-refractivity contribution in [3.8, 4) is 22.3 Å². The highest BCUT2D eigenvalue weighted by Gasteiger charge is 2.53. The molecule has 2 heterocycles. The molecule has 0 saturated heterocycles. The van der Waals surface area contributed by atoms with Crippen molar-refractivity contribution in [3.63, 3.8) is 0 Å². The number of fused-ring (bicyclic) bond motifs is 10. The summed E-state index contributed by atoms with van der Waals surface area (Å²) in [6, 6.07) is 32.4. The third-order valence-electron chi connectivity index (χ3n) is 6.40. The van der Waals surface area contributed by atoms with Crippen LogP contribution < -0.4 is 20.7 Å². The molecular formula is C26H20Si. The summed E-state index contributed by atoms with van der Waals surface area (Å²) in [5, 5.41) is 6.26. The van der Waals surface area contributed by atoms with Gasteiger partial charge in [-0.3, -0.25) is 0 Å². The van der Waals surface area contributed by atoms with Crippen molar-refractivity contribution >= 4 is 28.8 Å². The van der Waals surface area contributed by atoms with Crippen LogP contribution in [0.1, 0.15) is 11.1 Å². The van der Waals surface area contributed by atoms with E-state index in [0.29, 0.717) is 0 Å². The van der Waals surface area contributed by atoms with Crippen molar-refractivity contribution in [3.05, 3.63) is 96.1 Å². The largest absolute Gasteiger partial charge is 0.182 e. The lowest BCUT2D eigenvalue weighted by molar-refractivity contribution is 1.49. The molecule has 6 rings (SSSR count). The van der Waals surface area contributed by atoms with E-state index in [1.54, 1.807) is 20.7 Å². The molecule has 128 valence electrons. The summed E-state index contributed by atoms with van der Waals surface area (Å²) in [4.78, 5) is 0. The molecule has 0 saturated carbocycles. The fourth-order valence-corrected chi connectivity index (χ4v) is 11.2. The maximum atomic E-state index is 2.47. The number of hydrogen-bond acceptors (Lipinski definition) is 0. The molecule has 1 spiro atoms. The molecule has 0 bridgehead atoms. The van der Waals surface area contributed by atoms with Gasteiger partial charge in [0.15, 0.2) is 8.07 Å². The van der Waals surface area contributed by atoms with Crippen molar-refractivity contribution in [2.45, 2.75) is 13.8 Å². The van der Waals surface area contributed by atoms with E-state index in [1.807, 2.05) is 0 Å². The molecule has 0 fully saturated rings. The molecule has 4 aromatic carbocycles. The van der Waals surface area contributed by atoms with Crippen molar-refractivity contribution < 1.29 is 0 Å². The summed E-state index contributed by atoms with van der Waals surface area (Å²) in [7, 11) is -2.21. The average Bonchev–Trinajstić information content (AvgIpc) is 3.14. The molecule has 0 aromatic heterocycles. The zero-order valence-corrected chi connectivity index (χ0v) is 16.6. The van der Waals surface area contributed by atoms with Crippen LogP contribution in [0.2, 0.25) is 0 Å². The smallest absolute Gasteiger partial charge is 0.0623 e. The highest BCUT2D eigenvalue weighted by molar-refractivity contribution is 7.24. The highest BCUT2D eigenvalue weighted by Crippen LogP contribution is 2.36. The van der Waals surface area contributed by atoms with Crippen LogP contribution in [-0.4, -0.2) is 8.07 Å². The number of hydrogen-bond donors (Lipinski definition) is 0. The molecule has 0 nitrogen and oxygen atoms in total. The minimum atomic E-state index is -2.21. The third-order valence-corrected chi connectivity index (χ3v) is 11.3. The van der Waals surface area contributed by atoms with Crippen LogP contribution in [0.4, 0.5) is 0 Å². The van der Waals surface area contributed by atoms with E-state index in [1.165, 1.54) is 33.4 Å². The molecule has 0 unspecified atom stereocenters. The zero-order valence-electron chi connectivity index (χ0n) is 15.6. The van der Waals surface area contributed by atoms with Gasteiger partial charge >= 0.3 is 0 Å². The number of aryl methyl sites for hydroxylation is 2. The quantitative estimate of drug-likeness (QED) is 0.363. The Bertz CT molecular complexity index is 1150. The lowest BCUT2D eigenvalue weighted by atomic mass is 10.0. The number of benzene rings is 4. The first-order valence-corrected chi connectivity index (χ1v) is 11.6. The van der Waals surface area contributed by atoms with Gasteiger partial charge in [-0.2, -0.15) is 0 Å². The maximum absolute atomic E-state index is 2.47. The molecule has 2 aliphatic rings. The molecule has 0 N–H and O–H groups in total. The van der Waals surface area contributed by atoms with Crippen LogP contribution in [0.3, 0.4) is 0 Å². The minimum Gasteiger partial charge on any atom is -0.0623 e. The minimum absolute atomic E-state index is 1.35. The standard InChI is InChI=1S/C26H20Si/c1-17-11-13-21-19-7-3-5-9-23(19)27(25(21)15-17)24-10-6-4-8-20(24)22-14-12-18(2)16-26(22)27/h3-16H,1-2H3. The van der Waals surface area contributed by atoms with Crippen LogP contribution in [0, 0.1) is 13.8 Å². The summed E-state index contributed by atoms with van der Waals surface area (Å²) in [6.45, 7) is 4.45. The van der Waals surface area contributed by atoms with Gasteiger partial charge in [0, 0.05) is 0 Å². The average molecular weight is 361 g/mol. The molecule has 0 radical (unpaired) electrons. The second kappa shape index (κ2) is 5.08. The molecular weight excluding hydrogens is 340 g/mol. The maximum Gasteiger partial charge on any atom is 0.182 e. The van der Waals surface area contributed by atoms with E-state index in [0.717, 1.165) is 0 Å². The first-order valence-electron chi connectivity index (χ1n) is 9.63. The van der Waals surface area contributed by atoms with Gasteiger partial charge in [0.25, 0.3) is 0 Å². The van der Waals surface area contributed by atoms with Crippen molar-refractivity contribution in [1.82, 2.24) is 0 Å². The third kappa shape index (κ3) is 1.73. The Kier molecular flexibility index (Phi) is 2.86. The Balaban J connectivity index is 1.88. The highest BCUT2D eigenvalue weighted by atomic mass is 28.3. The summed E-state index contributed by atoms with van der Waals surface area (Å²) in [6.07, 6.45) is 0. The van der Waals surface area contributed by atoms with Crippen LogP contribution in [0.5, 0.6) is 0 Å². The second-order valence-electron chi connectivity index (χ2n) is 7.94. The molecule has 2 aliphatic heterocycles. The predicted octanol–water partition coefficient (Wildman–Crippen LogP) is 3.64. The molecule has 0 aliphatic carbocycles. The summed E-state index contributed by atoms with van der Waals surface area (Å²) in [5.74, 6) is 0. The Morgan fingerprint density at radius 3 is 1.33 bits per heavy atom. The van der Waals surface area contributed by atoms with E-state index in [9.17, 15) is 0 Å². The lowest BCUT2D eigenvalue weighted by Crippen LogP contribution is -2.70. The van der Waals surface area contributed by atoms with Gasteiger partial charge in [-0.15, -0.1) is 0 Å². The van der Waals surface area contributed by atoms with Crippen molar-refractivity contribution in [2.75, 3.05) is 0 Å². The Hall–Kier alpha value is -2.90. The molecule has 4 aromatic rings. The van der Waals surface area contributed by atoms with Crippen LogP contribution in [0.15, 0.2) is 84.9 Å². The Morgan fingerprint density at radius 1 is 0.444 bits per heavy atom. The van der Waals surface area contributed by atoms with Gasteiger partial charge in [-0.25, -0.2) is 0 Å². The lowest BCUT2D eigenvalue weighted by Gasteiger charge is -2.28. The fraction of sp³-hybridized carbons (Fsp3) is 0.0769. The van der Waals surface area contributed by atoms with Gasteiger partial charge in [0.2, 0.25) is 0 Å². The molecule has 0 atom stereocenters. The van der Waals surface area contributed by atoms with E-state index >= 15 is 0 Å².